The van der Waals surface area contributed by atoms with Crippen molar-refractivity contribution >= 4 is 23.2 Å². The molecule has 7 nitrogen and oxygen atoms in total. The molecule has 1 atom stereocenters. The molecule has 244 valence electrons. The summed E-state index contributed by atoms with van der Waals surface area (Å²) in [6.45, 7) is 9.52. The van der Waals surface area contributed by atoms with Crippen molar-refractivity contribution in [2.45, 2.75) is 77.7 Å². The number of hydrogen-bond acceptors (Lipinski definition) is 6. The van der Waals surface area contributed by atoms with Crippen molar-refractivity contribution in [2.24, 2.45) is 0 Å². The first kappa shape index (κ1) is 34.9. The first-order valence-corrected chi connectivity index (χ1v) is 17.1. The Bertz CT molecular complexity index is 1520. The van der Waals surface area contributed by atoms with E-state index in [4.69, 9.17) is 14.8 Å². The molecule has 2 aromatic carbocycles. The number of carboxylic acids is 1. The van der Waals surface area contributed by atoms with Gasteiger partial charge in [0.05, 0.1) is 23.7 Å². The van der Waals surface area contributed by atoms with Crippen molar-refractivity contribution in [3.63, 3.8) is 0 Å². The first-order valence-electron chi connectivity index (χ1n) is 16.2. The van der Waals surface area contributed by atoms with Gasteiger partial charge in [-0.15, -0.1) is 11.3 Å². The van der Waals surface area contributed by atoms with E-state index >= 15 is 0 Å². The molecule has 4 rings (SSSR count). The molecule has 0 radical (unpaired) electrons. The number of carbonyl (C=O) groups excluding carboxylic acids is 1. The zero-order chi connectivity index (χ0) is 32.9. The van der Waals surface area contributed by atoms with Crippen LogP contribution < -0.4 is 15.4 Å². The van der Waals surface area contributed by atoms with Gasteiger partial charge in [0.1, 0.15) is 5.75 Å². The number of carbonyl (C=O) groups is 2. The van der Waals surface area contributed by atoms with E-state index in [1.807, 2.05) is 60.8 Å². The zero-order valence-electron chi connectivity index (χ0n) is 27.5. The van der Waals surface area contributed by atoms with Gasteiger partial charge in [-0.2, -0.15) is 0 Å². The Morgan fingerprint density at radius 2 is 1.57 bits per heavy atom. The number of amides is 1. The van der Waals surface area contributed by atoms with Crippen molar-refractivity contribution in [1.29, 1.82) is 0 Å². The minimum Gasteiger partial charge on any atom is -0.494 e. The Balaban J connectivity index is 1.35. The number of pyridine rings is 1. The van der Waals surface area contributed by atoms with E-state index in [0.717, 1.165) is 51.6 Å². The monoisotopic (exact) mass is 641 g/mol. The Hall–Kier alpha value is -4.01. The quantitative estimate of drug-likeness (QED) is 0.101. The molecular weight excluding hydrogens is 595 g/mol. The summed E-state index contributed by atoms with van der Waals surface area (Å²) in [4.78, 5) is 30.7. The van der Waals surface area contributed by atoms with Crippen LogP contribution in [0.2, 0.25) is 0 Å². The molecule has 0 saturated heterocycles. The predicted molar refractivity (Wildman–Crippen MR) is 188 cm³/mol. The van der Waals surface area contributed by atoms with Crippen LogP contribution >= 0.6 is 11.3 Å². The van der Waals surface area contributed by atoms with Gasteiger partial charge in [0.2, 0.25) is 0 Å². The van der Waals surface area contributed by atoms with Crippen LogP contribution in [-0.2, 0) is 16.6 Å². The highest BCUT2D eigenvalue weighted by Crippen LogP contribution is 2.30. The van der Waals surface area contributed by atoms with Crippen LogP contribution in [0.1, 0.15) is 79.9 Å². The van der Waals surface area contributed by atoms with Crippen LogP contribution in [0.15, 0.2) is 79.0 Å². The Labute approximate surface area is 277 Å². The number of hydrogen-bond donors (Lipinski definition) is 3. The average molecular weight is 642 g/mol. The van der Waals surface area contributed by atoms with Gasteiger partial charge in [-0.25, -0.2) is 0 Å². The number of nitrogens with zero attached hydrogens (tertiary/aromatic N) is 1. The number of aromatic nitrogens is 1. The fraction of sp³-hybridized carbons (Fsp3) is 0.395. The number of carboxylic acid groups (broad SMARTS) is 1. The molecule has 0 aliphatic heterocycles. The SMILES string of the molecule is CCCCCCCOc1ccc(-c2ccc(-c3ccc(CC(CNCC(=O)O)NC(=O)c4ccc(C(C)(C)C)s4)cc3)nc2)cc1. The fourth-order valence-corrected chi connectivity index (χ4v) is 6.08. The number of thiophene rings is 1. The Kier molecular flexibility index (Phi) is 12.9. The van der Waals surface area contributed by atoms with Gasteiger partial charge in [0.25, 0.3) is 5.91 Å². The third kappa shape index (κ3) is 10.8. The molecule has 2 heterocycles. The van der Waals surface area contributed by atoms with Crippen LogP contribution in [0.5, 0.6) is 5.75 Å². The van der Waals surface area contributed by atoms with Crippen molar-refractivity contribution in [3.05, 3.63) is 94.3 Å². The summed E-state index contributed by atoms with van der Waals surface area (Å²) in [6, 6.07) is 24.0. The van der Waals surface area contributed by atoms with E-state index in [0.29, 0.717) is 17.8 Å². The van der Waals surface area contributed by atoms with Crippen LogP contribution in [-0.4, -0.2) is 47.7 Å². The average Bonchev–Trinajstić information content (AvgIpc) is 3.55. The predicted octanol–water partition coefficient (Wildman–Crippen LogP) is 8.14. The molecule has 46 heavy (non-hydrogen) atoms. The number of nitrogens with one attached hydrogen (secondary N) is 2. The third-order valence-electron chi connectivity index (χ3n) is 7.77. The maximum absolute atomic E-state index is 13.1. The summed E-state index contributed by atoms with van der Waals surface area (Å²) in [5.41, 5.74) is 5.00. The molecule has 0 bridgehead atoms. The summed E-state index contributed by atoms with van der Waals surface area (Å²) in [5.74, 6) is -0.191. The second-order valence-electron chi connectivity index (χ2n) is 12.7. The lowest BCUT2D eigenvalue weighted by atomic mass is 9.95. The summed E-state index contributed by atoms with van der Waals surface area (Å²) < 4.78 is 5.90. The minimum atomic E-state index is -0.935. The molecule has 0 saturated carbocycles. The van der Waals surface area contributed by atoms with Gasteiger partial charge in [-0.05, 0) is 59.7 Å². The van der Waals surface area contributed by atoms with Gasteiger partial charge in [-0.3, -0.25) is 14.6 Å². The standard InChI is InChI=1S/C38H47N3O4S/c1-5-6-7-8-9-22-45-32-17-14-28(15-18-32)30-16-19-33(40-24-30)29-12-10-27(11-13-29)23-31(25-39-26-36(42)43)41-37(44)34-20-21-35(46-34)38(2,3)4/h10-21,24,31,39H,5-9,22-23,25-26H2,1-4H3,(H,41,44)(H,42,43). The summed E-state index contributed by atoms with van der Waals surface area (Å²) in [7, 11) is 0. The first-order chi connectivity index (χ1) is 22.1. The second-order valence-corrected chi connectivity index (χ2v) is 13.8. The molecule has 2 aromatic heterocycles. The smallest absolute Gasteiger partial charge is 0.317 e. The van der Waals surface area contributed by atoms with Gasteiger partial charge in [0, 0.05) is 34.8 Å². The van der Waals surface area contributed by atoms with E-state index in [9.17, 15) is 9.59 Å². The minimum absolute atomic E-state index is 0.0315. The highest BCUT2D eigenvalue weighted by atomic mass is 32.1. The van der Waals surface area contributed by atoms with E-state index in [2.05, 4.69) is 56.5 Å². The largest absolute Gasteiger partial charge is 0.494 e. The molecular formula is C38H47N3O4S. The van der Waals surface area contributed by atoms with Gasteiger partial charge in [0.15, 0.2) is 0 Å². The number of rotatable bonds is 17. The van der Waals surface area contributed by atoms with Crippen molar-refractivity contribution in [2.75, 3.05) is 19.7 Å². The third-order valence-corrected chi connectivity index (χ3v) is 9.28. The summed E-state index contributed by atoms with van der Waals surface area (Å²) in [6.07, 6.45) is 8.56. The lowest BCUT2D eigenvalue weighted by Gasteiger charge is -2.19. The summed E-state index contributed by atoms with van der Waals surface area (Å²) in [5, 5.41) is 15.1. The summed E-state index contributed by atoms with van der Waals surface area (Å²) >= 11 is 1.49. The van der Waals surface area contributed by atoms with Crippen LogP contribution in [0.4, 0.5) is 0 Å². The molecule has 0 aliphatic rings. The van der Waals surface area contributed by atoms with Gasteiger partial charge in [-0.1, -0.05) is 95.8 Å². The molecule has 1 amide bonds. The second kappa shape index (κ2) is 17.1. The number of unbranched alkanes of at least 4 members (excludes halogenated alkanes) is 4. The number of benzene rings is 2. The number of ether oxygens (including phenoxy) is 1. The van der Waals surface area contributed by atoms with Crippen molar-refractivity contribution in [1.82, 2.24) is 15.6 Å². The lowest BCUT2D eigenvalue weighted by molar-refractivity contribution is -0.135. The van der Waals surface area contributed by atoms with Crippen LogP contribution in [0, 0.1) is 0 Å². The van der Waals surface area contributed by atoms with Crippen molar-refractivity contribution in [3.8, 4) is 28.1 Å². The van der Waals surface area contributed by atoms with E-state index in [1.165, 1.54) is 37.0 Å². The molecule has 8 heteroatoms. The van der Waals surface area contributed by atoms with Crippen LogP contribution in [0.25, 0.3) is 22.4 Å². The van der Waals surface area contributed by atoms with E-state index in [-0.39, 0.29) is 23.9 Å². The Morgan fingerprint density at radius 3 is 2.20 bits per heavy atom. The maximum Gasteiger partial charge on any atom is 0.317 e. The molecule has 4 aromatic rings. The maximum atomic E-state index is 13.1. The lowest BCUT2D eigenvalue weighted by Crippen LogP contribution is -2.44. The zero-order valence-corrected chi connectivity index (χ0v) is 28.3. The molecule has 1 unspecified atom stereocenters. The molecule has 3 N–H and O–H groups in total. The van der Waals surface area contributed by atoms with E-state index in [1.54, 1.807) is 0 Å². The highest BCUT2D eigenvalue weighted by molar-refractivity contribution is 7.14. The van der Waals surface area contributed by atoms with Crippen molar-refractivity contribution < 1.29 is 19.4 Å². The van der Waals surface area contributed by atoms with Gasteiger partial charge < -0.3 is 20.5 Å². The molecule has 0 aliphatic carbocycles. The number of aliphatic carboxylic acids is 1. The molecule has 0 fully saturated rings. The molecule has 0 spiro atoms. The van der Waals surface area contributed by atoms with Gasteiger partial charge >= 0.3 is 5.97 Å². The highest BCUT2D eigenvalue weighted by Gasteiger charge is 2.21. The Morgan fingerprint density at radius 1 is 0.870 bits per heavy atom. The van der Waals surface area contributed by atoms with Crippen LogP contribution in [0.3, 0.4) is 0 Å². The van der Waals surface area contributed by atoms with E-state index < -0.39 is 5.97 Å². The topological polar surface area (TPSA) is 101 Å². The fourth-order valence-electron chi connectivity index (χ4n) is 5.12. The normalized spacial score (nSPS) is 12.1.